The van der Waals surface area contributed by atoms with E-state index in [9.17, 15) is 4.79 Å². The van der Waals surface area contributed by atoms with Gasteiger partial charge in [0.05, 0.1) is 18.4 Å². The Hall–Kier alpha value is -3.48. The van der Waals surface area contributed by atoms with Crippen molar-refractivity contribution in [2.24, 2.45) is 0 Å². The summed E-state index contributed by atoms with van der Waals surface area (Å²) in [5, 5.41) is 8.70. The standard InChI is InChI=1S/C21H21N5O2/c1-28-19-5-3-2-4-17(19)21(27)26-14-12-25(13-15-26)20-7-6-18(23-24-20)16-8-10-22-11-9-16/h2-11H,12-15H2,1H3. The first-order valence-electron chi connectivity index (χ1n) is 9.17. The molecule has 0 N–H and O–H groups in total. The monoisotopic (exact) mass is 375 g/mol. The van der Waals surface area contributed by atoms with E-state index in [1.807, 2.05) is 47.4 Å². The average molecular weight is 375 g/mol. The lowest BCUT2D eigenvalue weighted by Crippen LogP contribution is -2.49. The van der Waals surface area contributed by atoms with Crippen molar-refractivity contribution in [1.82, 2.24) is 20.1 Å². The Kier molecular flexibility index (Phi) is 5.14. The van der Waals surface area contributed by atoms with E-state index in [2.05, 4.69) is 20.1 Å². The number of piperazine rings is 1. The van der Waals surface area contributed by atoms with Crippen molar-refractivity contribution < 1.29 is 9.53 Å². The lowest BCUT2D eigenvalue weighted by Gasteiger charge is -2.35. The number of anilines is 1. The van der Waals surface area contributed by atoms with Crippen LogP contribution in [-0.2, 0) is 0 Å². The molecular weight excluding hydrogens is 354 g/mol. The van der Waals surface area contributed by atoms with Crippen LogP contribution in [0.2, 0.25) is 0 Å². The van der Waals surface area contributed by atoms with Gasteiger partial charge in [0.15, 0.2) is 5.82 Å². The highest BCUT2D eigenvalue weighted by Gasteiger charge is 2.24. The lowest BCUT2D eigenvalue weighted by atomic mass is 10.1. The predicted octanol–water partition coefficient (Wildman–Crippen LogP) is 2.51. The quantitative estimate of drug-likeness (QED) is 0.698. The number of aromatic nitrogens is 3. The molecule has 2 aromatic heterocycles. The second-order valence-electron chi connectivity index (χ2n) is 6.49. The zero-order valence-electron chi connectivity index (χ0n) is 15.7. The summed E-state index contributed by atoms with van der Waals surface area (Å²) >= 11 is 0. The van der Waals surface area contributed by atoms with Crippen LogP contribution >= 0.6 is 0 Å². The molecule has 1 aromatic carbocycles. The Morgan fingerprint density at radius 2 is 1.68 bits per heavy atom. The van der Waals surface area contributed by atoms with Crippen molar-refractivity contribution in [3.8, 4) is 17.0 Å². The molecule has 142 valence electrons. The smallest absolute Gasteiger partial charge is 0.257 e. The number of amides is 1. The van der Waals surface area contributed by atoms with Crippen LogP contribution in [-0.4, -0.2) is 59.3 Å². The minimum atomic E-state index is -0.00350. The van der Waals surface area contributed by atoms with Gasteiger partial charge in [-0.15, -0.1) is 10.2 Å². The van der Waals surface area contributed by atoms with Crippen molar-refractivity contribution in [3.05, 3.63) is 66.5 Å². The number of benzene rings is 1. The number of para-hydroxylation sites is 1. The fourth-order valence-corrected chi connectivity index (χ4v) is 3.30. The molecule has 0 unspecified atom stereocenters. The Labute approximate surface area is 163 Å². The summed E-state index contributed by atoms with van der Waals surface area (Å²) in [6, 6.07) is 15.1. The number of nitrogens with zero attached hydrogens (tertiary/aromatic N) is 5. The summed E-state index contributed by atoms with van der Waals surface area (Å²) in [5.74, 6) is 1.42. The van der Waals surface area contributed by atoms with Crippen LogP contribution in [0.25, 0.3) is 11.3 Å². The maximum Gasteiger partial charge on any atom is 0.257 e. The van der Waals surface area contributed by atoms with Crippen LogP contribution in [0.3, 0.4) is 0 Å². The number of carbonyl (C=O) groups is 1. The summed E-state index contributed by atoms with van der Waals surface area (Å²) in [6.07, 6.45) is 3.48. The summed E-state index contributed by atoms with van der Waals surface area (Å²) in [5.41, 5.74) is 2.40. The number of hydrogen-bond acceptors (Lipinski definition) is 6. The summed E-state index contributed by atoms with van der Waals surface area (Å²) in [7, 11) is 1.58. The maximum atomic E-state index is 12.8. The van der Waals surface area contributed by atoms with Gasteiger partial charge < -0.3 is 14.5 Å². The zero-order valence-corrected chi connectivity index (χ0v) is 15.7. The highest BCUT2D eigenvalue weighted by Crippen LogP contribution is 2.22. The van der Waals surface area contributed by atoms with Gasteiger partial charge >= 0.3 is 0 Å². The minimum Gasteiger partial charge on any atom is -0.496 e. The number of ether oxygens (including phenoxy) is 1. The van der Waals surface area contributed by atoms with Gasteiger partial charge in [-0.2, -0.15) is 0 Å². The molecule has 1 aliphatic rings. The predicted molar refractivity (Wildman–Crippen MR) is 106 cm³/mol. The highest BCUT2D eigenvalue weighted by molar-refractivity contribution is 5.97. The number of hydrogen-bond donors (Lipinski definition) is 0. The number of pyridine rings is 1. The van der Waals surface area contributed by atoms with E-state index in [-0.39, 0.29) is 5.91 Å². The molecule has 3 heterocycles. The van der Waals surface area contributed by atoms with Crippen molar-refractivity contribution in [3.63, 3.8) is 0 Å². The number of carbonyl (C=O) groups excluding carboxylic acids is 1. The molecule has 0 spiro atoms. The van der Waals surface area contributed by atoms with Gasteiger partial charge in [-0.25, -0.2) is 0 Å². The minimum absolute atomic E-state index is 0.00350. The van der Waals surface area contributed by atoms with Crippen LogP contribution in [0.5, 0.6) is 5.75 Å². The van der Waals surface area contributed by atoms with Gasteiger partial charge in [0.25, 0.3) is 5.91 Å². The molecule has 0 radical (unpaired) electrons. The molecule has 1 fully saturated rings. The third-order valence-electron chi connectivity index (χ3n) is 4.85. The van der Waals surface area contributed by atoms with Gasteiger partial charge in [-0.05, 0) is 36.4 Å². The molecule has 1 aliphatic heterocycles. The molecule has 3 aromatic rings. The third kappa shape index (κ3) is 3.64. The lowest BCUT2D eigenvalue weighted by molar-refractivity contribution is 0.0743. The molecular formula is C21H21N5O2. The second kappa shape index (κ2) is 8.04. The average Bonchev–Trinajstić information content (AvgIpc) is 2.79. The molecule has 0 bridgehead atoms. The molecule has 7 nitrogen and oxygen atoms in total. The van der Waals surface area contributed by atoms with Crippen LogP contribution in [0.15, 0.2) is 60.9 Å². The molecule has 7 heteroatoms. The zero-order chi connectivity index (χ0) is 19.3. The summed E-state index contributed by atoms with van der Waals surface area (Å²) < 4.78 is 5.32. The Morgan fingerprint density at radius 3 is 2.36 bits per heavy atom. The first kappa shape index (κ1) is 17.9. The number of methoxy groups -OCH3 is 1. The first-order valence-corrected chi connectivity index (χ1v) is 9.17. The highest BCUT2D eigenvalue weighted by atomic mass is 16.5. The van der Waals surface area contributed by atoms with E-state index in [4.69, 9.17) is 4.74 Å². The van der Waals surface area contributed by atoms with E-state index in [0.29, 0.717) is 37.5 Å². The maximum absolute atomic E-state index is 12.8. The van der Waals surface area contributed by atoms with Crippen molar-refractivity contribution in [2.75, 3.05) is 38.2 Å². The molecule has 4 rings (SSSR count). The van der Waals surface area contributed by atoms with Crippen molar-refractivity contribution >= 4 is 11.7 Å². The van der Waals surface area contributed by atoms with Gasteiger partial charge in [0.2, 0.25) is 0 Å². The van der Waals surface area contributed by atoms with E-state index >= 15 is 0 Å². The molecule has 28 heavy (non-hydrogen) atoms. The third-order valence-corrected chi connectivity index (χ3v) is 4.85. The topological polar surface area (TPSA) is 71.5 Å². The molecule has 1 amide bonds. The Balaban J connectivity index is 1.41. The van der Waals surface area contributed by atoms with Crippen LogP contribution in [0.4, 0.5) is 5.82 Å². The molecule has 0 saturated carbocycles. The van der Waals surface area contributed by atoms with Crippen LogP contribution in [0, 0.1) is 0 Å². The van der Waals surface area contributed by atoms with Crippen LogP contribution < -0.4 is 9.64 Å². The fraction of sp³-hybridized carbons (Fsp3) is 0.238. The summed E-state index contributed by atoms with van der Waals surface area (Å²) in [6.45, 7) is 2.68. The SMILES string of the molecule is COc1ccccc1C(=O)N1CCN(c2ccc(-c3ccncc3)nn2)CC1. The second-order valence-corrected chi connectivity index (χ2v) is 6.49. The van der Waals surface area contributed by atoms with Gasteiger partial charge in [0.1, 0.15) is 5.75 Å². The van der Waals surface area contributed by atoms with Gasteiger partial charge in [0, 0.05) is 44.1 Å². The Morgan fingerprint density at radius 1 is 0.929 bits per heavy atom. The van der Waals surface area contributed by atoms with E-state index in [1.54, 1.807) is 25.6 Å². The molecule has 0 atom stereocenters. The first-order chi connectivity index (χ1) is 13.8. The molecule has 0 aliphatic carbocycles. The normalized spacial score (nSPS) is 14.0. The Bertz CT molecular complexity index is 939. The van der Waals surface area contributed by atoms with E-state index < -0.39 is 0 Å². The number of rotatable bonds is 4. The van der Waals surface area contributed by atoms with Gasteiger partial charge in [-0.1, -0.05) is 12.1 Å². The fourth-order valence-electron chi connectivity index (χ4n) is 3.30. The van der Waals surface area contributed by atoms with E-state index in [1.165, 1.54) is 0 Å². The van der Waals surface area contributed by atoms with Crippen LogP contribution in [0.1, 0.15) is 10.4 Å². The van der Waals surface area contributed by atoms with E-state index in [0.717, 1.165) is 17.1 Å². The largest absolute Gasteiger partial charge is 0.496 e. The molecule has 1 saturated heterocycles. The summed E-state index contributed by atoms with van der Waals surface area (Å²) in [4.78, 5) is 20.8. The van der Waals surface area contributed by atoms with Crippen molar-refractivity contribution in [2.45, 2.75) is 0 Å². The van der Waals surface area contributed by atoms with Gasteiger partial charge in [-0.3, -0.25) is 9.78 Å². The van der Waals surface area contributed by atoms with Crippen molar-refractivity contribution in [1.29, 1.82) is 0 Å².